The van der Waals surface area contributed by atoms with E-state index in [0.29, 0.717) is 0 Å². The largest absolute Gasteiger partial charge is 2.00 e. The molecule has 0 spiro atoms. The molecule has 0 atom stereocenters. The maximum absolute atomic E-state index is 11.7. The van der Waals surface area contributed by atoms with Crippen LogP contribution in [0.15, 0.2) is 53.7 Å². The second-order valence-electron chi connectivity index (χ2n) is 4.94. The molecule has 0 fully saturated rings. The van der Waals surface area contributed by atoms with Crippen LogP contribution in [0.3, 0.4) is 0 Å². The first-order valence-corrected chi connectivity index (χ1v) is 8.50. The van der Waals surface area contributed by atoms with Crippen LogP contribution < -0.4 is 5.11 Å². The van der Waals surface area contributed by atoms with Crippen LogP contribution in [0.2, 0.25) is 0 Å². The summed E-state index contributed by atoms with van der Waals surface area (Å²) in [4.78, 5) is 11.1. The van der Waals surface area contributed by atoms with Gasteiger partial charge < -0.3 is 22.4 Å². The molecule has 2 nitrogen and oxygen atoms in total. The van der Waals surface area contributed by atoms with Crippen molar-refractivity contribution < 1.29 is 60.8 Å². The van der Waals surface area contributed by atoms with Gasteiger partial charge >= 0.3 is 33.9 Å². The number of carbonyl (C=O) groups excluding carboxylic acids is 1. The van der Waals surface area contributed by atoms with E-state index in [1.807, 2.05) is 0 Å². The summed E-state index contributed by atoms with van der Waals surface area (Å²) in [6, 6.07) is 2.87. The topological polar surface area (TPSA) is 40.1 Å². The van der Waals surface area contributed by atoms with Crippen molar-refractivity contribution in [3.63, 3.8) is 0 Å². The zero-order valence-electron chi connectivity index (χ0n) is 14.2. The molecule has 1 heterocycles. The average Bonchev–Trinajstić information content (AvgIpc) is 2.98. The van der Waals surface area contributed by atoms with Crippen molar-refractivity contribution in [1.29, 1.82) is 0 Å². The Labute approximate surface area is 175 Å². The number of alkyl halides is 3. The Kier molecular flexibility index (Phi) is 15.0. The number of hydrogen-bond donors (Lipinski definition) is 0. The summed E-state index contributed by atoms with van der Waals surface area (Å²) >= 11 is 0.983. The van der Waals surface area contributed by atoms with E-state index in [0.717, 1.165) is 11.3 Å². The van der Waals surface area contributed by atoms with E-state index in [1.54, 1.807) is 5.38 Å². The van der Waals surface area contributed by atoms with Gasteiger partial charge in [-0.2, -0.15) is 13.2 Å². The van der Waals surface area contributed by atoms with Crippen molar-refractivity contribution in [1.82, 2.24) is 0 Å². The number of carbonyl (C=O) groups is 1. The van der Waals surface area contributed by atoms with Gasteiger partial charge in [0, 0.05) is 0 Å². The summed E-state index contributed by atoms with van der Waals surface area (Å²) in [5.74, 6) is -3.04. The summed E-state index contributed by atoms with van der Waals surface area (Å²) < 4.78 is 74.2. The monoisotopic (exact) mass is 522 g/mol. The van der Waals surface area contributed by atoms with Gasteiger partial charge in [-0.05, 0) is 49.0 Å². The zero-order chi connectivity index (χ0) is 20.9. The van der Waals surface area contributed by atoms with E-state index in [2.05, 4.69) is 24.3 Å². The van der Waals surface area contributed by atoms with E-state index in [9.17, 15) is 40.3 Å². The van der Waals surface area contributed by atoms with Crippen LogP contribution in [0.4, 0.5) is 30.4 Å². The standard InChI is InChI=1S/C8H5F3O2S.C8H12.BF4.Pd/c9-8(10,11)7(13)4-5(12)6-2-1-3-14-6;1-2-4-6-8-7-5-3-1;2-1(3,4)5;/h1-4,13H;1-2,7-8H,3-6H2;;/q;;-1;+2/p-1/b7-4-;2-1-,8-7-;;. The van der Waals surface area contributed by atoms with Gasteiger partial charge in [0.15, 0.2) is 5.78 Å². The van der Waals surface area contributed by atoms with Gasteiger partial charge in [0.05, 0.1) is 4.88 Å². The molecule has 0 amide bonds. The van der Waals surface area contributed by atoms with Crippen molar-refractivity contribution in [2.24, 2.45) is 0 Å². The molecular formula is C16H16BF7O2PdS. The molecule has 2 rings (SSSR count). The minimum absolute atomic E-state index is 0. The molecule has 0 radical (unpaired) electrons. The average molecular weight is 523 g/mol. The number of thiophene rings is 1. The maximum Gasteiger partial charge on any atom is 2.00 e. The summed E-state index contributed by atoms with van der Waals surface area (Å²) in [5.41, 5.74) is 0. The first-order chi connectivity index (χ1) is 12.4. The predicted octanol–water partition coefficient (Wildman–Crippen LogP) is 5.71. The van der Waals surface area contributed by atoms with Crippen LogP contribution in [-0.2, 0) is 20.4 Å². The second kappa shape index (κ2) is 14.6. The minimum Gasteiger partial charge on any atom is -0.869 e. The fraction of sp³-hybridized carbons (Fsp3) is 0.312. The second-order valence-corrected chi connectivity index (χ2v) is 5.89. The molecule has 28 heavy (non-hydrogen) atoms. The molecule has 1 aromatic heterocycles. The molecule has 12 heteroatoms. The fourth-order valence-electron chi connectivity index (χ4n) is 1.55. The third kappa shape index (κ3) is 18.0. The molecule has 0 bridgehead atoms. The number of halogens is 7. The Bertz CT molecular complexity index is 606. The van der Waals surface area contributed by atoms with Crippen LogP contribution in [0.25, 0.3) is 0 Å². The van der Waals surface area contributed by atoms with Crippen LogP contribution in [0.1, 0.15) is 35.4 Å². The Morgan fingerprint density at radius 3 is 1.68 bits per heavy atom. The van der Waals surface area contributed by atoms with Gasteiger partial charge in [-0.15, -0.1) is 11.3 Å². The molecular weight excluding hydrogens is 506 g/mol. The van der Waals surface area contributed by atoms with Gasteiger partial charge in [-0.3, -0.25) is 4.79 Å². The molecule has 0 saturated heterocycles. The smallest absolute Gasteiger partial charge is 0.869 e. The molecule has 1 aliphatic rings. The predicted molar refractivity (Wildman–Crippen MR) is 89.7 cm³/mol. The van der Waals surface area contributed by atoms with Crippen molar-refractivity contribution in [3.8, 4) is 0 Å². The summed E-state index contributed by atoms with van der Waals surface area (Å²) in [7, 11) is -6.00. The van der Waals surface area contributed by atoms with Crippen molar-refractivity contribution in [2.45, 2.75) is 31.9 Å². The summed E-state index contributed by atoms with van der Waals surface area (Å²) in [6.45, 7) is 0. The fourth-order valence-corrected chi connectivity index (χ4v) is 2.18. The molecule has 1 aromatic rings. The Morgan fingerprint density at radius 2 is 1.39 bits per heavy atom. The third-order valence-electron chi connectivity index (χ3n) is 2.64. The SMILES string of the molecule is C1=C\CC/C=C\CC/1.F[B-](F)(F)F.O=C(/C=C(\[O-])C(F)(F)F)c1cccs1.[Pd+2]. The molecule has 0 unspecified atom stereocenters. The molecule has 0 saturated carbocycles. The zero-order valence-corrected chi connectivity index (χ0v) is 16.6. The van der Waals surface area contributed by atoms with E-state index >= 15 is 0 Å². The van der Waals surface area contributed by atoms with Crippen molar-refractivity contribution >= 4 is 24.4 Å². The quantitative estimate of drug-likeness (QED) is 0.125. The Balaban J connectivity index is 0. The summed E-state index contributed by atoms with van der Waals surface area (Å²) in [5, 5.41) is 11.9. The van der Waals surface area contributed by atoms with Gasteiger partial charge in [0.1, 0.15) is 0 Å². The number of rotatable bonds is 2. The normalized spacial score (nSPS) is 16.6. The summed E-state index contributed by atoms with van der Waals surface area (Å²) in [6.07, 6.45) is 9.08. The van der Waals surface area contributed by atoms with Crippen molar-refractivity contribution in [2.75, 3.05) is 0 Å². The van der Waals surface area contributed by atoms with Gasteiger partial charge in [0.25, 0.3) is 0 Å². The van der Waals surface area contributed by atoms with Gasteiger partial charge in [-0.1, -0.05) is 30.4 Å². The Morgan fingerprint density at radius 1 is 1.00 bits per heavy atom. The number of ketones is 1. The van der Waals surface area contributed by atoms with Crippen LogP contribution in [0.5, 0.6) is 0 Å². The third-order valence-corrected chi connectivity index (χ3v) is 3.52. The molecule has 0 aliphatic heterocycles. The van der Waals surface area contributed by atoms with E-state index in [1.165, 1.54) is 37.8 Å². The first kappa shape index (κ1) is 28.8. The van der Waals surface area contributed by atoms with Crippen LogP contribution >= 0.6 is 11.3 Å². The van der Waals surface area contributed by atoms with Crippen LogP contribution in [-0.4, -0.2) is 19.2 Å². The molecule has 0 aromatic carbocycles. The number of allylic oxidation sites excluding steroid dienone is 6. The Hall–Kier alpha value is -1.37. The molecule has 1 aliphatic carbocycles. The number of hydrogen-bond acceptors (Lipinski definition) is 3. The van der Waals surface area contributed by atoms with E-state index in [-0.39, 0.29) is 31.4 Å². The van der Waals surface area contributed by atoms with Crippen LogP contribution in [0, 0.1) is 0 Å². The molecule has 160 valence electrons. The maximum atomic E-state index is 11.7. The van der Waals surface area contributed by atoms with E-state index in [4.69, 9.17) is 0 Å². The van der Waals surface area contributed by atoms with Gasteiger partial charge in [-0.25, -0.2) is 0 Å². The van der Waals surface area contributed by atoms with Gasteiger partial charge in [0.2, 0.25) is 0 Å². The minimum atomic E-state index is -6.00. The molecule has 0 N–H and O–H groups in total. The van der Waals surface area contributed by atoms with Crippen molar-refractivity contribution in [3.05, 3.63) is 58.5 Å². The first-order valence-electron chi connectivity index (χ1n) is 7.62. The van der Waals surface area contributed by atoms with E-state index < -0.39 is 25.0 Å².